The molecule has 0 spiro atoms. The summed E-state index contributed by atoms with van der Waals surface area (Å²) in [6, 6.07) is 0.743. The Hall–Kier alpha value is -1.12. The second-order valence-corrected chi connectivity index (χ2v) is 7.38. The van der Waals surface area contributed by atoms with Crippen LogP contribution in [0.5, 0.6) is 0 Å². The van der Waals surface area contributed by atoms with Gasteiger partial charge in [0.2, 0.25) is 0 Å². The van der Waals surface area contributed by atoms with Gasteiger partial charge in [0, 0.05) is 12.6 Å². The van der Waals surface area contributed by atoms with Crippen molar-refractivity contribution in [2.45, 2.75) is 12.5 Å². The van der Waals surface area contributed by atoms with Crippen molar-refractivity contribution < 1.29 is 18.3 Å². The standard InChI is InChI=1S/C10H11Cl2N3O4S/c11-8-4-7(10(12)14-13-8)15-1-2-20(18,19)5-6(15)3-9(16)17/h4,6H,1-3,5H2,(H,16,17). The molecule has 1 saturated heterocycles. The van der Waals surface area contributed by atoms with Crippen LogP contribution in [-0.2, 0) is 14.6 Å². The molecule has 1 aliphatic rings. The highest BCUT2D eigenvalue weighted by molar-refractivity contribution is 7.91. The Balaban J connectivity index is 2.37. The summed E-state index contributed by atoms with van der Waals surface area (Å²) in [6.45, 7) is 0.141. The molecule has 0 aliphatic carbocycles. The molecule has 10 heteroatoms. The normalized spacial score (nSPS) is 21.7. The van der Waals surface area contributed by atoms with Crippen LogP contribution in [0.3, 0.4) is 0 Å². The summed E-state index contributed by atoms with van der Waals surface area (Å²) in [5, 5.41) is 16.3. The highest BCUT2D eigenvalue weighted by Gasteiger charge is 2.34. The van der Waals surface area contributed by atoms with Gasteiger partial charge in [-0.25, -0.2) is 8.42 Å². The molecule has 0 amide bonds. The number of carboxylic acid groups (broad SMARTS) is 1. The van der Waals surface area contributed by atoms with Crippen LogP contribution in [0.15, 0.2) is 6.07 Å². The number of aliphatic carboxylic acids is 1. The van der Waals surface area contributed by atoms with Crippen LogP contribution in [0.1, 0.15) is 6.42 Å². The Labute approximate surface area is 125 Å². The summed E-state index contributed by atoms with van der Waals surface area (Å²) >= 11 is 11.7. The van der Waals surface area contributed by atoms with E-state index in [1.165, 1.54) is 6.07 Å². The molecule has 20 heavy (non-hydrogen) atoms. The summed E-state index contributed by atoms with van der Waals surface area (Å²) in [6.07, 6.45) is -0.310. The van der Waals surface area contributed by atoms with Gasteiger partial charge >= 0.3 is 5.97 Å². The largest absolute Gasteiger partial charge is 0.481 e. The summed E-state index contributed by atoms with van der Waals surface area (Å²) in [7, 11) is -3.26. The molecular weight excluding hydrogens is 329 g/mol. The van der Waals surface area contributed by atoms with Crippen molar-refractivity contribution in [1.82, 2.24) is 10.2 Å². The maximum Gasteiger partial charge on any atom is 0.305 e. The average Bonchev–Trinajstić information content (AvgIpc) is 2.31. The van der Waals surface area contributed by atoms with Gasteiger partial charge in [-0.1, -0.05) is 23.2 Å². The lowest BCUT2D eigenvalue weighted by molar-refractivity contribution is -0.137. The predicted molar refractivity (Wildman–Crippen MR) is 74.1 cm³/mol. The molecule has 1 aromatic rings. The van der Waals surface area contributed by atoms with Crippen molar-refractivity contribution >= 4 is 44.7 Å². The summed E-state index contributed by atoms with van der Waals surface area (Å²) in [5.41, 5.74) is 0.396. The highest BCUT2D eigenvalue weighted by Crippen LogP contribution is 2.30. The second kappa shape index (κ2) is 5.71. The van der Waals surface area contributed by atoms with Crippen LogP contribution < -0.4 is 4.90 Å². The van der Waals surface area contributed by atoms with E-state index in [9.17, 15) is 13.2 Å². The lowest BCUT2D eigenvalue weighted by Gasteiger charge is -2.36. The van der Waals surface area contributed by atoms with E-state index >= 15 is 0 Å². The Morgan fingerprint density at radius 2 is 2.15 bits per heavy atom. The van der Waals surface area contributed by atoms with Crippen molar-refractivity contribution in [2.24, 2.45) is 0 Å². The number of halogens is 2. The molecule has 2 rings (SSSR count). The number of aromatic nitrogens is 2. The van der Waals surface area contributed by atoms with Crippen molar-refractivity contribution in [2.75, 3.05) is 23.0 Å². The first-order valence-corrected chi connectivity index (χ1v) is 8.24. The predicted octanol–water partition coefficient (Wildman–Crippen LogP) is 0.861. The van der Waals surface area contributed by atoms with E-state index in [1.807, 2.05) is 0 Å². The Morgan fingerprint density at radius 1 is 1.45 bits per heavy atom. The molecule has 0 radical (unpaired) electrons. The van der Waals surface area contributed by atoms with Crippen LogP contribution in [0.2, 0.25) is 10.3 Å². The van der Waals surface area contributed by atoms with Crippen molar-refractivity contribution in [3.05, 3.63) is 16.4 Å². The van der Waals surface area contributed by atoms with Gasteiger partial charge < -0.3 is 10.0 Å². The number of carbonyl (C=O) groups is 1. The Morgan fingerprint density at radius 3 is 2.80 bits per heavy atom. The molecule has 1 aliphatic heterocycles. The van der Waals surface area contributed by atoms with Crippen molar-refractivity contribution in [3.63, 3.8) is 0 Å². The van der Waals surface area contributed by atoms with Gasteiger partial charge in [0.05, 0.1) is 29.7 Å². The maximum atomic E-state index is 11.7. The fourth-order valence-electron chi connectivity index (χ4n) is 2.12. The van der Waals surface area contributed by atoms with E-state index in [4.69, 9.17) is 28.3 Å². The smallest absolute Gasteiger partial charge is 0.305 e. The molecule has 110 valence electrons. The molecule has 1 atom stereocenters. The van der Waals surface area contributed by atoms with Crippen LogP contribution >= 0.6 is 23.2 Å². The van der Waals surface area contributed by atoms with Crippen molar-refractivity contribution in [3.8, 4) is 0 Å². The lowest BCUT2D eigenvalue weighted by Crippen LogP contribution is -2.49. The van der Waals surface area contributed by atoms with Gasteiger partial charge in [-0.2, -0.15) is 0 Å². The molecule has 1 fully saturated rings. The van der Waals surface area contributed by atoms with Crippen LogP contribution in [0.25, 0.3) is 0 Å². The molecule has 7 nitrogen and oxygen atoms in total. The summed E-state index contributed by atoms with van der Waals surface area (Å²) in [4.78, 5) is 12.5. The van der Waals surface area contributed by atoms with E-state index in [0.29, 0.717) is 5.69 Å². The van der Waals surface area contributed by atoms with Crippen LogP contribution in [0, 0.1) is 0 Å². The topological polar surface area (TPSA) is 100 Å². The van der Waals surface area contributed by atoms with E-state index in [0.717, 1.165) is 0 Å². The van der Waals surface area contributed by atoms with Gasteiger partial charge in [-0.3, -0.25) is 4.79 Å². The summed E-state index contributed by atoms with van der Waals surface area (Å²) in [5.74, 6) is -1.39. The number of hydrogen-bond acceptors (Lipinski definition) is 6. The van der Waals surface area contributed by atoms with Gasteiger partial charge in [0.15, 0.2) is 20.1 Å². The molecular formula is C10H11Cl2N3O4S. The minimum atomic E-state index is -3.26. The zero-order valence-electron chi connectivity index (χ0n) is 10.2. The van der Waals surface area contributed by atoms with E-state index < -0.39 is 21.8 Å². The molecule has 1 unspecified atom stereocenters. The second-order valence-electron chi connectivity index (χ2n) is 4.40. The minimum absolute atomic E-state index is 0.0593. The van der Waals surface area contributed by atoms with Crippen LogP contribution in [0.4, 0.5) is 5.69 Å². The van der Waals surface area contributed by atoms with E-state index in [-0.39, 0.29) is 34.8 Å². The van der Waals surface area contributed by atoms with E-state index in [1.54, 1.807) is 4.90 Å². The third-order valence-electron chi connectivity index (χ3n) is 2.95. The van der Waals surface area contributed by atoms with Crippen LogP contribution in [-0.4, -0.2) is 53.8 Å². The SMILES string of the molecule is O=C(O)CC1CS(=O)(=O)CCN1c1cc(Cl)nnc1Cl. The highest BCUT2D eigenvalue weighted by atomic mass is 35.5. The third kappa shape index (κ3) is 3.50. The first kappa shape index (κ1) is 15.3. The quantitative estimate of drug-likeness (QED) is 0.871. The van der Waals surface area contributed by atoms with Gasteiger partial charge in [-0.05, 0) is 0 Å². The zero-order valence-corrected chi connectivity index (χ0v) is 12.5. The molecule has 1 aromatic heterocycles. The number of sulfone groups is 1. The lowest BCUT2D eigenvalue weighted by atomic mass is 10.2. The van der Waals surface area contributed by atoms with Gasteiger partial charge in [-0.15, -0.1) is 10.2 Å². The van der Waals surface area contributed by atoms with Gasteiger partial charge in [0.1, 0.15) is 0 Å². The number of nitrogens with zero attached hydrogens (tertiary/aromatic N) is 3. The first-order valence-electron chi connectivity index (χ1n) is 5.66. The molecule has 0 aromatic carbocycles. The van der Waals surface area contributed by atoms with E-state index in [2.05, 4.69) is 10.2 Å². The third-order valence-corrected chi connectivity index (χ3v) is 5.10. The molecule has 0 saturated carbocycles. The first-order chi connectivity index (χ1) is 9.28. The van der Waals surface area contributed by atoms with Gasteiger partial charge in [0.25, 0.3) is 0 Å². The molecule has 1 N–H and O–H groups in total. The monoisotopic (exact) mass is 339 g/mol. The summed E-state index contributed by atoms with van der Waals surface area (Å²) < 4.78 is 23.3. The average molecular weight is 340 g/mol. The Bertz CT molecular complexity index is 637. The maximum absolute atomic E-state index is 11.7. The number of carboxylic acids is 1. The fourth-order valence-corrected chi connectivity index (χ4v) is 3.99. The Kier molecular flexibility index (Phi) is 4.36. The number of hydrogen-bond donors (Lipinski definition) is 1. The minimum Gasteiger partial charge on any atom is -0.481 e. The molecule has 2 heterocycles. The number of anilines is 1. The zero-order chi connectivity index (χ0) is 14.9. The van der Waals surface area contributed by atoms with Crippen molar-refractivity contribution in [1.29, 1.82) is 0 Å². The fraction of sp³-hybridized carbons (Fsp3) is 0.500. The molecule has 0 bridgehead atoms. The number of rotatable bonds is 3.